The van der Waals surface area contributed by atoms with Crippen LogP contribution in [0, 0.1) is 0 Å². The minimum atomic E-state index is 0.461. The predicted octanol–water partition coefficient (Wildman–Crippen LogP) is 3.40. The molecule has 2 rings (SSSR count). The number of thiocarbonyl (C=S) groups is 1. The van der Waals surface area contributed by atoms with E-state index in [9.17, 15) is 0 Å². The minimum absolute atomic E-state index is 0.461. The molecule has 2 nitrogen and oxygen atoms in total. The Morgan fingerprint density at radius 2 is 2.11 bits per heavy atom. The summed E-state index contributed by atoms with van der Waals surface area (Å²) in [5.41, 5.74) is 7.87. The number of thiophene rings is 1. The van der Waals surface area contributed by atoms with Gasteiger partial charge in [0.1, 0.15) is 4.99 Å². The first kappa shape index (κ1) is 14.2. The fourth-order valence-corrected chi connectivity index (χ4v) is 2.86. The van der Waals surface area contributed by atoms with Crippen LogP contribution in [-0.2, 0) is 13.1 Å². The second-order valence-electron chi connectivity index (χ2n) is 4.45. The van der Waals surface area contributed by atoms with E-state index in [1.54, 1.807) is 11.3 Å². The van der Waals surface area contributed by atoms with Crippen LogP contribution in [0.5, 0.6) is 0 Å². The minimum Gasteiger partial charge on any atom is -0.389 e. The lowest BCUT2D eigenvalue weighted by Gasteiger charge is -2.20. The van der Waals surface area contributed by atoms with Crippen molar-refractivity contribution in [1.29, 1.82) is 0 Å². The number of nitrogens with two attached hydrogens (primary N) is 1. The van der Waals surface area contributed by atoms with E-state index in [1.807, 2.05) is 12.1 Å². The Kier molecular flexibility index (Phi) is 5.07. The van der Waals surface area contributed by atoms with E-state index in [0.717, 1.165) is 25.2 Å². The molecule has 0 aliphatic rings. The topological polar surface area (TPSA) is 29.3 Å². The Balaban J connectivity index is 2.05. The quantitative estimate of drug-likeness (QED) is 0.827. The van der Waals surface area contributed by atoms with E-state index in [0.29, 0.717) is 4.99 Å². The van der Waals surface area contributed by atoms with Crippen molar-refractivity contribution < 1.29 is 0 Å². The number of nitrogens with zero attached hydrogens (tertiary/aromatic N) is 1. The van der Waals surface area contributed by atoms with Gasteiger partial charge in [-0.1, -0.05) is 43.4 Å². The van der Waals surface area contributed by atoms with Crippen molar-refractivity contribution in [3.63, 3.8) is 0 Å². The Labute approximate surface area is 123 Å². The molecule has 0 saturated carbocycles. The van der Waals surface area contributed by atoms with Crippen molar-refractivity contribution in [1.82, 2.24) is 4.90 Å². The maximum Gasteiger partial charge on any atom is 0.103 e. The second kappa shape index (κ2) is 6.80. The van der Waals surface area contributed by atoms with Gasteiger partial charge in [-0.3, -0.25) is 4.90 Å². The van der Waals surface area contributed by atoms with Crippen LogP contribution in [0.15, 0.2) is 41.8 Å². The highest BCUT2D eigenvalue weighted by atomic mass is 32.1. The summed E-state index contributed by atoms with van der Waals surface area (Å²) >= 11 is 6.83. The standard InChI is InChI=1S/C15H18N2S2/c1-2-17(11-14-7-4-8-19-14)10-12-5-3-6-13(9-12)15(16)18/h3-9H,2,10-11H2,1H3,(H2,16,18). The molecule has 1 heterocycles. The van der Waals surface area contributed by atoms with Crippen LogP contribution >= 0.6 is 23.6 Å². The highest BCUT2D eigenvalue weighted by Gasteiger charge is 2.06. The molecule has 0 bridgehead atoms. The average molecular weight is 290 g/mol. The van der Waals surface area contributed by atoms with E-state index in [2.05, 4.69) is 41.5 Å². The van der Waals surface area contributed by atoms with Crippen molar-refractivity contribution in [3.8, 4) is 0 Å². The molecule has 4 heteroatoms. The molecule has 0 atom stereocenters. The van der Waals surface area contributed by atoms with Crippen molar-refractivity contribution in [3.05, 3.63) is 57.8 Å². The maximum atomic E-state index is 5.68. The molecule has 0 aliphatic carbocycles. The van der Waals surface area contributed by atoms with Crippen LogP contribution in [-0.4, -0.2) is 16.4 Å². The first-order chi connectivity index (χ1) is 9.19. The molecule has 0 aliphatic heterocycles. The predicted molar refractivity (Wildman–Crippen MR) is 86.4 cm³/mol. The zero-order chi connectivity index (χ0) is 13.7. The Hall–Kier alpha value is -1.23. The molecule has 0 radical (unpaired) electrons. The Bertz CT molecular complexity index is 535. The zero-order valence-corrected chi connectivity index (χ0v) is 12.6. The molecular weight excluding hydrogens is 272 g/mol. The number of rotatable bonds is 6. The molecule has 0 fully saturated rings. The third-order valence-corrected chi connectivity index (χ3v) is 4.12. The fourth-order valence-electron chi connectivity index (χ4n) is 1.98. The maximum absolute atomic E-state index is 5.68. The molecule has 1 aromatic carbocycles. The van der Waals surface area contributed by atoms with Crippen LogP contribution in [0.2, 0.25) is 0 Å². The Morgan fingerprint density at radius 1 is 1.26 bits per heavy atom. The Morgan fingerprint density at radius 3 is 2.74 bits per heavy atom. The molecule has 19 heavy (non-hydrogen) atoms. The summed E-state index contributed by atoms with van der Waals surface area (Å²) in [5.74, 6) is 0. The average Bonchev–Trinajstić information content (AvgIpc) is 2.91. The summed E-state index contributed by atoms with van der Waals surface area (Å²) in [5, 5.41) is 2.12. The van der Waals surface area contributed by atoms with Crippen LogP contribution in [0.25, 0.3) is 0 Å². The van der Waals surface area contributed by atoms with Crippen LogP contribution < -0.4 is 5.73 Å². The molecule has 2 aromatic rings. The first-order valence-corrected chi connectivity index (χ1v) is 7.61. The van der Waals surface area contributed by atoms with Gasteiger partial charge in [0.05, 0.1) is 0 Å². The van der Waals surface area contributed by atoms with Gasteiger partial charge in [-0.25, -0.2) is 0 Å². The first-order valence-electron chi connectivity index (χ1n) is 6.32. The monoisotopic (exact) mass is 290 g/mol. The molecule has 0 spiro atoms. The third-order valence-electron chi connectivity index (χ3n) is 3.02. The number of benzene rings is 1. The summed E-state index contributed by atoms with van der Waals surface area (Å²) < 4.78 is 0. The van der Waals surface area contributed by atoms with Crippen LogP contribution in [0.3, 0.4) is 0 Å². The van der Waals surface area contributed by atoms with Gasteiger partial charge < -0.3 is 5.73 Å². The van der Waals surface area contributed by atoms with Gasteiger partial charge in [0, 0.05) is 23.5 Å². The van der Waals surface area contributed by atoms with Gasteiger partial charge in [0.25, 0.3) is 0 Å². The lowest BCUT2D eigenvalue weighted by atomic mass is 10.1. The molecule has 0 unspecified atom stereocenters. The zero-order valence-electron chi connectivity index (χ0n) is 11.0. The summed E-state index contributed by atoms with van der Waals surface area (Å²) in [6.45, 7) is 5.12. The summed E-state index contributed by atoms with van der Waals surface area (Å²) in [4.78, 5) is 4.26. The van der Waals surface area contributed by atoms with Crippen LogP contribution in [0.1, 0.15) is 22.9 Å². The van der Waals surface area contributed by atoms with Crippen LogP contribution in [0.4, 0.5) is 0 Å². The largest absolute Gasteiger partial charge is 0.389 e. The van der Waals surface area contributed by atoms with Gasteiger partial charge in [-0.15, -0.1) is 11.3 Å². The second-order valence-corrected chi connectivity index (χ2v) is 5.92. The van der Waals surface area contributed by atoms with Gasteiger partial charge in [0.15, 0.2) is 0 Å². The molecular formula is C15H18N2S2. The van der Waals surface area contributed by atoms with Gasteiger partial charge >= 0.3 is 0 Å². The van der Waals surface area contributed by atoms with Crippen molar-refractivity contribution in [2.75, 3.05) is 6.54 Å². The molecule has 0 saturated heterocycles. The van der Waals surface area contributed by atoms with Gasteiger partial charge in [-0.05, 0) is 29.6 Å². The van der Waals surface area contributed by atoms with E-state index >= 15 is 0 Å². The molecule has 2 N–H and O–H groups in total. The fraction of sp³-hybridized carbons (Fsp3) is 0.267. The summed E-state index contributed by atoms with van der Waals surface area (Å²) in [6.07, 6.45) is 0. The van der Waals surface area contributed by atoms with E-state index in [-0.39, 0.29) is 0 Å². The van der Waals surface area contributed by atoms with Crippen molar-refractivity contribution in [2.24, 2.45) is 5.73 Å². The molecule has 0 amide bonds. The van der Waals surface area contributed by atoms with Gasteiger partial charge in [-0.2, -0.15) is 0 Å². The third kappa shape index (κ3) is 4.13. The number of hydrogen-bond acceptors (Lipinski definition) is 3. The molecule has 100 valence electrons. The van der Waals surface area contributed by atoms with E-state index < -0.39 is 0 Å². The number of hydrogen-bond donors (Lipinski definition) is 1. The lowest BCUT2D eigenvalue weighted by Crippen LogP contribution is -2.22. The summed E-state index contributed by atoms with van der Waals surface area (Å²) in [7, 11) is 0. The van der Waals surface area contributed by atoms with Crippen molar-refractivity contribution >= 4 is 28.5 Å². The normalized spacial score (nSPS) is 10.8. The highest BCUT2D eigenvalue weighted by Crippen LogP contribution is 2.15. The molecule has 1 aromatic heterocycles. The summed E-state index contributed by atoms with van der Waals surface area (Å²) in [6, 6.07) is 12.5. The lowest BCUT2D eigenvalue weighted by molar-refractivity contribution is 0.274. The van der Waals surface area contributed by atoms with E-state index in [1.165, 1.54) is 10.4 Å². The SMILES string of the molecule is CCN(Cc1cccc(C(N)=S)c1)Cc1cccs1. The smallest absolute Gasteiger partial charge is 0.103 e. The highest BCUT2D eigenvalue weighted by molar-refractivity contribution is 7.80. The van der Waals surface area contributed by atoms with Gasteiger partial charge in [0.2, 0.25) is 0 Å². The van der Waals surface area contributed by atoms with E-state index in [4.69, 9.17) is 18.0 Å². The van der Waals surface area contributed by atoms with Crippen molar-refractivity contribution in [2.45, 2.75) is 20.0 Å².